The van der Waals surface area contributed by atoms with Crippen molar-refractivity contribution in [3.8, 4) is 22.6 Å². The SMILES string of the molecule is COCCOCCOCCOCCOCCOc1ccc(-c2cc3c(NC4CC[C@](C)(N)C4(C)C)c(/C(N)=N/c4ccc(O)cc4Cl)cnn3c2)cc1. The van der Waals surface area contributed by atoms with E-state index in [0.717, 1.165) is 40.9 Å². The number of benzene rings is 2. The number of nitrogens with one attached hydrogen (secondary N) is 1. The Morgan fingerprint density at radius 2 is 1.53 bits per heavy atom. The lowest BCUT2D eigenvalue weighted by molar-refractivity contribution is -0.00978. The molecule has 0 amide bonds. The molecule has 1 unspecified atom stereocenters. The van der Waals surface area contributed by atoms with Gasteiger partial charge in [0.25, 0.3) is 0 Å². The van der Waals surface area contributed by atoms with Gasteiger partial charge in [-0.3, -0.25) is 0 Å². The quantitative estimate of drug-likeness (QED) is 0.0461. The van der Waals surface area contributed by atoms with E-state index in [9.17, 15) is 5.11 Å². The molecule has 288 valence electrons. The molecular weight excluding hydrogens is 700 g/mol. The second-order valence-corrected chi connectivity index (χ2v) is 14.2. The molecule has 1 aliphatic carbocycles. The van der Waals surface area contributed by atoms with Gasteiger partial charge in [0.15, 0.2) is 0 Å². The average molecular weight is 753 g/mol. The number of phenols is 1. The lowest BCUT2D eigenvalue weighted by atomic mass is 9.75. The Balaban J connectivity index is 1.19. The van der Waals surface area contributed by atoms with Gasteiger partial charge in [-0.05, 0) is 55.7 Å². The number of aromatic nitrogens is 2. The molecule has 1 saturated carbocycles. The molecular formula is C39H53ClN6O7. The third-order valence-corrected chi connectivity index (χ3v) is 10.2. The number of halogens is 1. The summed E-state index contributed by atoms with van der Waals surface area (Å²) >= 11 is 6.37. The van der Waals surface area contributed by atoms with Crippen molar-refractivity contribution in [3.63, 3.8) is 0 Å². The maximum atomic E-state index is 9.82. The van der Waals surface area contributed by atoms with Crippen molar-refractivity contribution in [3.05, 3.63) is 71.5 Å². The van der Waals surface area contributed by atoms with Crippen molar-refractivity contribution in [2.24, 2.45) is 21.9 Å². The van der Waals surface area contributed by atoms with Crippen molar-refractivity contribution < 1.29 is 33.5 Å². The minimum atomic E-state index is -0.346. The monoisotopic (exact) mass is 752 g/mol. The van der Waals surface area contributed by atoms with Crippen molar-refractivity contribution in [1.29, 1.82) is 0 Å². The zero-order valence-electron chi connectivity index (χ0n) is 31.1. The van der Waals surface area contributed by atoms with Crippen LogP contribution in [0.4, 0.5) is 11.4 Å². The maximum absolute atomic E-state index is 9.82. The van der Waals surface area contributed by atoms with Crippen LogP contribution in [0.25, 0.3) is 16.6 Å². The Bertz CT molecular complexity index is 1800. The fourth-order valence-electron chi connectivity index (χ4n) is 6.16. The highest BCUT2D eigenvalue weighted by molar-refractivity contribution is 6.33. The number of nitrogens with two attached hydrogens (primary N) is 2. The Kier molecular flexibility index (Phi) is 14.3. The van der Waals surface area contributed by atoms with Gasteiger partial charge in [0.2, 0.25) is 0 Å². The highest BCUT2D eigenvalue weighted by atomic mass is 35.5. The maximum Gasteiger partial charge on any atom is 0.135 e. The molecule has 2 aromatic heterocycles. The highest BCUT2D eigenvalue weighted by Gasteiger charge is 2.49. The van der Waals surface area contributed by atoms with E-state index in [1.54, 1.807) is 19.4 Å². The van der Waals surface area contributed by atoms with Crippen LogP contribution in [0.15, 0.2) is 65.9 Å². The van der Waals surface area contributed by atoms with Gasteiger partial charge in [-0.25, -0.2) is 9.51 Å². The summed E-state index contributed by atoms with van der Waals surface area (Å²) in [5.41, 5.74) is 17.5. The number of anilines is 1. The molecule has 0 bridgehead atoms. The molecule has 1 fully saturated rings. The number of ether oxygens (including phenoxy) is 6. The normalized spacial score (nSPS) is 18.5. The Labute approximate surface area is 316 Å². The molecule has 1 aliphatic rings. The molecule has 2 atom stereocenters. The van der Waals surface area contributed by atoms with Crippen LogP contribution >= 0.6 is 11.6 Å². The third kappa shape index (κ3) is 10.6. The average Bonchev–Trinajstić information content (AvgIpc) is 3.65. The lowest BCUT2D eigenvalue weighted by Crippen LogP contribution is -2.51. The van der Waals surface area contributed by atoms with E-state index in [-0.39, 0.29) is 33.6 Å². The fraction of sp³-hybridized carbons (Fsp3) is 0.487. The smallest absolute Gasteiger partial charge is 0.135 e. The van der Waals surface area contributed by atoms with Crippen LogP contribution < -0.4 is 21.5 Å². The zero-order valence-corrected chi connectivity index (χ0v) is 31.9. The third-order valence-electron chi connectivity index (χ3n) is 9.93. The van der Waals surface area contributed by atoms with Gasteiger partial charge in [-0.2, -0.15) is 5.10 Å². The van der Waals surface area contributed by atoms with Gasteiger partial charge in [0.05, 0.1) is 93.1 Å². The molecule has 0 radical (unpaired) electrons. The van der Waals surface area contributed by atoms with Crippen LogP contribution in [0.3, 0.4) is 0 Å². The number of fused-ring (bicyclic) bond motifs is 1. The summed E-state index contributed by atoms with van der Waals surface area (Å²) in [4.78, 5) is 4.62. The van der Waals surface area contributed by atoms with E-state index in [4.69, 9.17) is 56.6 Å². The van der Waals surface area contributed by atoms with Gasteiger partial charge < -0.3 is 50.3 Å². The number of phenolic OH excluding ortho intramolecular Hbond substituents is 1. The molecule has 14 heteroatoms. The molecule has 2 heterocycles. The Morgan fingerprint density at radius 3 is 2.11 bits per heavy atom. The summed E-state index contributed by atoms with van der Waals surface area (Å²) in [6.07, 6.45) is 5.47. The second-order valence-electron chi connectivity index (χ2n) is 13.8. The predicted octanol–water partition coefficient (Wildman–Crippen LogP) is 5.81. The first-order chi connectivity index (χ1) is 25.5. The first-order valence-electron chi connectivity index (χ1n) is 17.9. The second kappa shape index (κ2) is 18.9. The summed E-state index contributed by atoms with van der Waals surface area (Å²) in [7, 11) is 1.64. The van der Waals surface area contributed by atoms with Crippen molar-refractivity contribution in [2.75, 3.05) is 78.5 Å². The summed E-state index contributed by atoms with van der Waals surface area (Å²) in [6, 6.07) is 14.6. The van der Waals surface area contributed by atoms with Crippen molar-refractivity contribution >= 4 is 34.3 Å². The minimum absolute atomic E-state index is 0.0488. The number of hydrogen-bond acceptors (Lipinski definition) is 11. The molecule has 0 aliphatic heterocycles. The molecule has 2 aromatic carbocycles. The molecule has 53 heavy (non-hydrogen) atoms. The van der Waals surface area contributed by atoms with E-state index in [1.165, 1.54) is 12.1 Å². The van der Waals surface area contributed by atoms with E-state index < -0.39 is 0 Å². The van der Waals surface area contributed by atoms with Crippen LogP contribution in [0.1, 0.15) is 39.2 Å². The number of aliphatic imine (C=N–C) groups is 1. The van der Waals surface area contributed by atoms with Crippen LogP contribution in [-0.4, -0.2) is 105 Å². The van der Waals surface area contributed by atoms with Gasteiger partial charge in [-0.15, -0.1) is 0 Å². The summed E-state index contributed by atoms with van der Waals surface area (Å²) in [5, 5.41) is 18.6. The Morgan fingerprint density at radius 1 is 0.906 bits per heavy atom. The van der Waals surface area contributed by atoms with Crippen molar-refractivity contribution in [1.82, 2.24) is 9.61 Å². The van der Waals surface area contributed by atoms with E-state index in [0.29, 0.717) is 77.3 Å². The molecule has 4 aromatic rings. The molecule has 13 nitrogen and oxygen atoms in total. The topological polar surface area (TPSA) is 169 Å². The number of aromatic hydroxyl groups is 1. The lowest BCUT2D eigenvalue weighted by Gasteiger charge is -2.39. The van der Waals surface area contributed by atoms with Crippen molar-refractivity contribution in [2.45, 2.75) is 45.2 Å². The number of methoxy groups -OCH3 is 1. The number of hydrogen-bond donors (Lipinski definition) is 4. The molecule has 5 rings (SSSR count). The van der Waals surface area contributed by atoms with Gasteiger partial charge >= 0.3 is 0 Å². The predicted molar refractivity (Wildman–Crippen MR) is 208 cm³/mol. The molecule has 0 saturated heterocycles. The van der Waals surface area contributed by atoms with Gasteiger partial charge in [0, 0.05) is 41.9 Å². The minimum Gasteiger partial charge on any atom is -0.508 e. The summed E-state index contributed by atoms with van der Waals surface area (Å²) < 4.78 is 34.6. The van der Waals surface area contributed by atoms with Crippen LogP contribution in [0.2, 0.25) is 5.02 Å². The standard InChI is InChI=1S/C39H53ClN6O7/c1-38(2)35(11-12-39(38,3)42)45-36-31(37(41)44-33-10-7-29(47)24-32(33)40)25-43-46-26-28(23-34(36)46)27-5-8-30(9-6-27)53-22-21-52-20-19-51-18-17-50-16-15-49-14-13-48-4/h5-10,23-26,35,45,47H,11-22,42H2,1-4H3,(H2,41,44)/t35?,39-/m0/s1. The van der Waals surface area contributed by atoms with E-state index in [2.05, 4.69) is 37.1 Å². The number of nitrogens with zero attached hydrogens (tertiary/aromatic N) is 3. The first-order valence-corrected chi connectivity index (χ1v) is 18.3. The molecule has 6 N–H and O–H groups in total. The molecule has 0 spiro atoms. The van der Waals surface area contributed by atoms with Crippen LogP contribution in [-0.2, 0) is 23.7 Å². The largest absolute Gasteiger partial charge is 0.508 e. The van der Waals surface area contributed by atoms with E-state index in [1.807, 2.05) is 35.0 Å². The van der Waals surface area contributed by atoms with E-state index >= 15 is 0 Å². The summed E-state index contributed by atoms with van der Waals surface area (Å²) in [5.74, 6) is 1.03. The van der Waals surface area contributed by atoms with Crippen LogP contribution in [0, 0.1) is 5.41 Å². The van der Waals surface area contributed by atoms with Gasteiger partial charge in [-0.1, -0.05) is 37.6 Å². The fourth-order valence-corrected chi connectivity index (χ4v) is 6.37. The first kappa shape index (κ1) is 40.2. The number of rotatable bonds is 21. The number of amidine groups is 1. The van der Waals surface area contributed by atoms with Gasteiger partial charge in [0.1, 0.15) is 23.9 Å². The summed E-state index contributed by atoms with van der Waals surface area (Å²) in [6.45, 7) is 11.5. The highest BCUT2D eigenvalue weighted by Crippen LogP contribution is 2.46. The zero-order chi connectivity index (χ0) is 37.8. The Hall–Kier alpha value is -3.95. The van der Waals surface area contributed by atoms with Crippen LogP contribution in [0.5, 0.6) is 11.5 Å².